The summed E-state index contributed by atoms with van der Waals surface area (Å²) in [6.45, 7) is 1.79. The van der Waals surface area contributed by atoms with E-state index < -0.39 is 15.9 Å². The Balaban J connectivity index is 1.84. The first-order valence-electron chi connectivity index (χ1n) is 8.11. The van der Waals surface area contributed by atoms with Gasteiger partial charge in [0.05, 0.1) is 4.90 Å². The summed E-state index contributed by atoms with van der Waals surface area (Å²) in [5.41, 5.74) is 1.98. The molecule has 0 spiro atoms. The van der Waals surface area contributed by atoms with E-state index in [2.05, 4.69) is 10.0 Å². The van der Waals surface area contributed by atoms with E-state index in [1.165, 1.54) is 18.2 Å². The molecule has 2 N–H and O–H groups in total. The zero-order valence-corrected chi connectivity index (χ0v) is 16.0. The maximum Gasteiger partial charge on any atom is 0.261 e. The van der Waals surface area contributed by atoms with Crippen molar-refractivity contribution in [3.63, 3.8) is 0 Å². The molecule has 0 heterocycles. The normalized spacial score (nSPS) is 11.0. The van der Waals surface area contributed by atoms with E-state index in [1.807, 2.05) is 0 Å². The molecule has 0 atom stereocenters. The number of benzene rings is 3. The fourth-order valence-electron chi connectivity index (χ4n) is 2.46. The monoisotopic (exact) mass is 400 g/mol. The van der Waals surface area contributed by atoms with Gasteiger partial charge in [-0.3, -0.25) is 9.52 Å². The van der Waals surface area contributed by atoms with Crippen LogP contribution in [0.25, 0.3) is 0 Å². The Bertz CT molecular complexity index is 1080. The second-order valence-electron chi connectivity index (χ2n) is 5.87. The zero-order chi connectivity index (χ0) is 19.4. The number of halogens is 1. The molecule has 27 heavy (non-hydrogen) atoms. The molecule has 7 heteroatoms. The van der Waals surface area contributed by atoms with Crippen molar-refractivity contribution < 1.29 is 13.2 Å². The fourth-order valence-corrected chi connectivity index (χ4v) is 3.74. The lowest BCUT2D eigenvalue weighted by Gasteiger charge is -2.11. The summed E-state index contributed by atoms with van der Waals surface area (Å²) in [7, 11) is -3.81. The van der Waals surface area contributed by atoms with Crippen molar-refractivity contribution in [1.82, 2.24) is 0 Å². The molecule has 0 radical (unpaired) electrons. The number of anilines is 2. The lowest BCUT2D eigenvalue weighted by molar-refractivity contribution is 0.102. The van der Waals surface area contributed by atoms with E-state index >= 15 is 0 Å². The van der Waals surface area contributed by atoms with Crippen molar-refractivity contribution >= 4 is 38.9 Å². The first kappa shape index (κ1) is 18.9. The van der Waals surface area contributed by atoms with Gasteiger partial charge in [0.25, 0.3) is 15.9 Å². The Morgan fingerprint density at radius 1 is 0.926 bits per heavy atom. The number of sulfonamides is 1. The Kier molecular flexibility index (Phi) is 5.48. The predicted molar refractivity (Wildman–Crippen MR) is 108 cm³/mol. The molecule has 5 nitrogen and oxygen atoms in total. The molecule has 3 aromatic carbocycles. The van der Waals surface area contributed by atoms with Crippen LogP contribution in [0, 0.1) is 6.92 Å². The van der Waals surface area contributed by atoms with Crippen LogP contribution in [-0.4, -0.2) is 14.3 Å². The van der Waals surface area contributed by atoms with E-state index in [0.29, 0.717) is 16.4 Å². The van der Waals surface area contributed by atoms with Crippen molar-refractivity contribution in [3.8, 4) is 0 Å². The average Bonchev–Trinajstić information content (AvgIpc) is 2.66. The summed E-state index contributed by atoms with van der Waals surface area (Å²) in [6, 6.07) is 19.6. The first-order valence-corrected chi connectivity index (χ1v) is 9.97. The Morgan fingerprint density at radius 3 is 2.37 bits per heavy atom. The molecule has 0 aliphatic heterocycles. The molecule has 0 saturated heterocycles. The summed E-state index contributed by atoms with van der Waals surface area (Å²) in [6.07, 6.45) is 0. The summed E-state index contributed by atoms with van der Waals surface area (Å²) in [4.78, 5) is 12.5. The number of hydrogen-bond donors (Lipinski definition) is 2. The highest BCUT2D eigenvalue weighted by Crippen LogP contribution is 2.24. The van der Waals surface area contributed by atoms with E-state index in [9.17, 15) is 13.2 Å². The Labute approximate surface area is 163 Å². The van der Waals surface area contributed by atoms with Gasteiger partial charge in [-0.1, -0.05) is 41.9 Å². The van der Waals surface area contributed by atoms with Gasteiger partial charge in [0.2, 0.25) is 0 Å². The topological polar surface area (TPSA) is 75.3 Å². The lowest BCUT2D eigenvalue weighted by Crippen LogP contribution is -2.16. The van der Waals surface area contributed by atoms with Crippen molar-refractivity contribution in [2.45, 2.75) is 11.8 Å². The van der Waals surface area contributed by atoms with Crippen LogP contribution in [0.1, 0.15) is 15.9 Å². The minimum Gasteiger partial charge on any atom is -0.322 e. The molecule has 0 saturated carbocycles. The number of carbonyl (C=O) groups excluding carboxylic acids is 1. The molecule has 0 aliphatic carbocycles. The average molecular weight is 401 g/mol. The highest BCUT2D eigenvalue weighted by molar-refractivity contribution is 7.92. The third kappa shape index (κ3) is 4.48. The van der Waals surface area contributed by atoms with Crippen LogP contribution in [0.2, 0.25) is 5.02 Å². The predicted octanol–water partition coefficient (Wildman–Crippen LogP) is 4.70. The molecule has 0 fully saturated rings. The van der Waals surface area contributed by atoms with Crippen LogP contribution in [0.15, 0.2) is 77.7 Å². The van der Waals surface area contributed by atoms with E-state index in [-0.39, 0.29) is 10.5 Å². The number of amides is 1. The number of hydrogen-bond acceptors (Lipinski definition) is 3. The quantitative estimate of drug-likeness (QED) is 0.651. The van der Waals surface area contributed by atoms with Crippen molar-refractivity contribution in [2.24, 2.45) is 0 Å². The van der Waals surface area contributed by atoms with Crippen LogP contribution < -0.4 is 10.0 Å². The fraction of sp³-hybridized carbons (Fsp3) is 0.0500. The SMILES string of the molecule is Cc1c(Cl)cccc1NC(=O)c1cccc(S(=O)(=O)Nc2ccccc2)c1. The summed E-state index contributed by atoms with van der Waals surface area (Å²) in [5, 5.41) is 3.30. The third-order valence-electron chi connectivity index (χ3n) is 3.95. The summed E-state index contributed by atoms with van der Waals surface area (Å²) < 4.78 is 27.6. The maximum atomic E-state index is 12.6. The summed E-state index contributed by atoms with van der Waals surface area (Å²) in [5.74, 6) is -0.419. The van der Waals surface area contributed by atoms with Crippen molar-refractivity contribution in [3.05, 3.63) is 88.9 Å². The largest absolute Gasteiger partial charge is 0.322 e. The molecular formula is C20H17ClN2O3S. The van der Waals surface area contributed by atoms with Gasteiger partial charge in [0.1, 0.15) is 0 Å². The maximum absolute atomic E-state index is 12.6. The van der Waals surface area contributed by atoms with Crippen LogP contribution in [0.4, 0.5) is 11.4 Å². The highest BCUT2D eigenvalue weighted by Gasteiger charge is 2.17. The molecule has 3 rings (SSSR count). The van der Waals surface area contributed by atoms with Gasteiger partial charge >= 0.3 is 0 Å². The van der Waals surface area contributed by atoms with Crippen LogP contribution >= 0.6 is 11.6 Å². The molecule has 0 unspecified atom stereocenters. The van der Waals surface area contributed by atoms with Gasteiger partial charge in [-0.2, -0.15) is 0 Å². The molecule has 1 amide bonds. The van der Waals surface area contributed by atoms with Crippen LogP contribution in [0.3, 0.4) is 0 Å². The zero-order valence-electron chi connectivity index (χ0n) is 14.4. The number of carbonyl (C=O) groups is 1. The van der Waals surface area contributed by atoms with E-state index in [4.69, 9.17) is 11.6 Å². The molecule has 0 aliphatic rings. The smallest absolute Gasteiger partial charge is 0.261 e. The van der Waals surface area contributed by atoms with Gasteiger partial charge in [-0.15, -0.1) is 0 Å². The standard InChI is InChI=1S/C20H17ClN2O3S/c1-14-18(21)11-6-12-19(14)22-20(24)15-7-5-10-17(13-15)27(25,26)23-16-8-3-2-4-9-16/h2-13,23H,1H3,(H,22,24). The van der Waals surface area contributed by atoms with Crippen LogP contribution in [0.5, 0.6) is 0 Å². The minimum atomic E-state index is -3.81. The molecule has 0 bridgehead atoms. The summed E-state index contributed by atoms with van der Waals surface area (Å²) >= 11 is 6.07. The molecule has 0 aromatic heterocycles. The Morgan fingerprint density at radius 2 is 1.63 bits per heavy atom. The number of rotatable bonds is 5. The van der Waals surface area contributed by atoms with Gasteiger partial charge in [-0.05, 0) is 55.0 Å². The molecular weight excluding hydrogens is 384 g/mol. The van der Waals surface area contributed by atoms with Gasteiger partial charge < -0.3 is 5.32 Å². The van der Waals surface area contributed by atoms with E-state index in [0.717, 1.165) is 5.56 Å². The van der Waals surface area contributed by atoms with Crippen LogP contribution in [-0.2, 0) is 10.0 Å². The minimum absolute atomic E-state index is 0.00168. The van der Waals surface area contributed by atoms with E-state index in [1.54, 1.807) is 61.5 Å². The van der Waals surface area contributed by atoms with Gasteiger partial charge in [-0.25, -0.2) is 8.42 Å². The molecule has 138 valence electrons. The van der Waals surface area contributed by atoms with Gasteiger partial charge in [0.15, 0.2) is 0 Å². The van der Waals surface area contributed by atoms with Crippen molar-refractivity contribution in [1.29, 1.82) is 0 Å². The lowest BCUT2D eigenvalue weighted by atomic mass is 10.1. The van der Waals surface area contributed by atoms with Crippen molar-refractivity contribution in [2.75, 3.05) is 10.0 Å². The number of para-hydroxylation sites is 1. The Hall–Kier alpha value is -2.83. The second kappa shape index (κ2) is 7.82. The molecule has 3 aromatic rings. The first-order chi connectivity index (χ1) is 12.9. The second-order valence-corrected chi connectivity index (χ2v) is 7.96. The third-order valence-corrected chi connectivity index (χ3v) is 5.74. The van der Waals surface area contributed by atoms with Gasteiger partial charge in [0, 0.05) is 22.0 Å². The highest BCUT2D eigenvalue weighted by atomic mass is 35.5. The number of nitrogens with one attached hydrogen (secondary N) is 2.